The molecule has 0 bridgehead atoms. The highest BCUT2D eigenvalue weighted by Gasteiger charge is 2.36. The number of fused-ring (bicyclic) bond motifs is 1. The Morgan fingerprint density at radius 3 is 2.15 bits per heavy atom. The molecule has 0 radical (unpaired) electrons. The second-order valence-electron chi connectivity index (χ2n) is 9.84. The van der Waals surface area contributed by atoms with Gasteiger partial charge in [-0.15, -0.1) is 0 Å². The molecule has 0 aromatic heterocycles. The molecule has 192 valence electrons. The number of nitrogens with zero attached hydrogens (tertiary/aromatic N) is 1. The van der Waals surface area contributed by atoms with Gasteiger partial charge in [0.1, 0.15) is 0 Å². The number of allylic oxidation sites excluding steroid dienone is 1. The summed E-state index contributed by atoms with van der Waals surface area (Å²) in [5.41, 5.74) is 5.81. The van der Waals surface area contributed by atoms with Gasteiger partial charge in [0.25, 0.3) is 5.69 Å². The Morgan fingerprint density at radius 1 is 0.769 bits per heavy atom. The maximum Gasteiger partial charge on any atom is 0.269 e. The molecular weight excluding hydrogens is 490 g/mol. The fourth-order valence-electron chi connectivity index (χ4n) is 5.44. The Bertz CT molecular complexity index is 1610. The second-order valence-corrected chi connectivity index (χ2v) is 9.84. The normalized spacial score (nSPS) is 18.2. The standard InChI is InChI=1S/C32H25N3O4/c36-29-19-24(20-7-3-1-4-8-20)18-28-30(29)31(21-11-14-25(15-12-21)35(38)39)34-26-16-13-23(17-27(26)33-28)32(37)22-9-5-2-6-10-22/h1-17,24,31,33-34H,18-19H2/t24-,31+/m0/s1. The fourth-order valence-corrected chi connectivity index (χ4v) is 5.44. The van der Waals surface area contributed by atoms with Crippen LogP contribution >= 0.6 is 0 Å². The summed E-state index contributed by atoms with van der Waals surface area (Å²) in [5, 5.41) is 18.2. The van der Waals surface area contributed by atoms with Crippen molar-refractivity contribution in [2.75, 3.05) is 10.6 Å². The average Bonchev–Trinajstić information content (AvgIpc) is 3.14. The first-order valence-electron chi connectivity index (χ1n) is 12.8. The van der Waals surface area contributed by atoms with E-state index in [1.165, 1.54) is 12.1 Å². The molecule has 0 unspecified atom stereocenters. The van der Waals surface area contributed by atoms with Gasteiger partial charge in [-0.05, 0) is 53.8 Å². The van der Waals surface area contributed by atoms with E-state index in [4.69, 9.17) is 0 Å². The van der Waals surface area contributed by atoms with Gasteiger partial charge in [-0.3, -0.25) is 19.7 Å². The number of benzene rings is 4. The smallest absolute Gasteiger partial charge is 0.269 e. The predicted octanol–water partition coefficient (Wildman–Crippen LogP) is 6.81. The molecule has 7 heteroatoms. The molecule has 2 N–H and O–H groups in total. The van der Waals surface area contributed by atoms with Crippen molar-refractivity contribution < 1.29 is 14.5 Å². The van der Waals surface area contributed by atoms with E-state index in [9.17, 15) is 19.7 Å². The number of carbonyl (C=O) groups is 2. The van der Waals surface area contributed by atoms with Crippen LogP contribution in [0.2, 0.25) is 0 Å². The number of nitro groups is 1. The van der Waals surface area contributed by atoms with Crippen molar-refractivity contribution in [3.63, 3.8) is 0 Å². The molecular formula is C32H25N3O4. The first-order chi connectivity index (χ1) is 19.0. The van der Waals surface area contributed by atoms with Gasteiger partial charge in [0.05, 0.1) is 22.3 Å². The number of nitrogens with one attached hydrogen (secondary N) is 2. The van der Waals surface area contributed by atoms with Crippen molar-refractivity contribution in [1.29, 1.82) is 0 Å². The lowest BCUT2D eigenvalue weighted by atomic mass is 9.78. The van der Waals surface area contributed by atoms with E-state index in [2.05, 4.69) is 10.6 Å². The summed E-state index contributed by atoms with van der Waals surface area (Å²) in [4.78, 5) is 37.7. The van der Waals surface area contributed by atoms with Crippen molar-refractivity contribution in [2.45, 2.75) is 24.8 Å². The summed E-state index contributed by atoms with van der Waals surface area (Å²) in [7, 11) is 0. The van der Waals surface area contributed by atoms with Gasteiger partial charge >= 0.3 is 0 Å². The van der Waals surface area contributed by atoms with Gasteiger partial charge in [0.15, 0.2) is 11.6 Å². The minimum atomic E-state index is -0.505. The van der Waals surface area contributed by atoms with Crippen molar-refractivity contribution in [3.8, 4) is 0 Å². The van der Waals surface area contributed by atoms with E-state index >= 15 is 0 Å². The minimum Gasteiger partial charge on any atom is -0.372 e. The maximum atomic E-state index is 13.7. The van der Waals surface area contributed by atoms with Crippen LogP contribution in [0.4, 0.5) is 17.1 Å². The number of non-ortho nitro benzene ring substituents is 1. The molecule has 6 rings (SSSR count). The number of nitro benzene ring substituents is 1. The number of Topliss-reactive ketones (excluding diaryl/α,β-unsaturated/α-hetero) is 1. The van der Waals surface area contributed by atoms with E-state index < -0.39 is 11.0 Å². The summed E-state index contributed by atoms with van der Waals surface area (Å²) in [6.45, 7) is 0. The summed E-state index contributed by atoms with van der Waals surface area (Å²) < 4.78 is 0. The molecule has 4 aromatic rings. The number of rotatable bonds is 5. The second kappa shape index (κ2) is 10.0. The van der Waals surface area contributed by atoms with Gasteiger partial charge in [0.2, 0.25) is 0 Å². The number of carbonyl (C=O) groups excluding carboxylic acids is 2. The Balaban J connectivity index is 1.44. The van der Waals surface area contributed by atoms with E-state index in [1.54, 1.807) is 30.3 Å². The van der Waals surface area contributed by atoms with Crippen LogP contribution < -0.4 is 10.6 Å². The van der Waals surface area contributed by atoms with Crippen molar-refractivity contribution >= 4 is 28.6 Å². The van der Waals surface area contributed by atoms with Crippen LogP contribution in [0.1, 0.15) is 51.8 Å². The Hall–Kier alpha value is -5.04. The van der Waals surface area contributed by atoms with Gasteiger partial charge in [-0.2, -0.15) is 0 Å². The highest BCUT2D eigenvalue weighted by Crippen LogP contribution is 2.44. The van der Waals surface area contributed by atoms with Gasteiger partial charge in [0, 0.05) is 41.0 Å². The van der Waals surface area contributed by atoms with Crippen molar-refractivity contribution in [1.82, 2.24) is 0 Å². The van der Waals surface area contributed by atoms with E-state index in [-0.39, 0.29) is 23.2 Å². The molecule has 39 heavy (non-hydrogen) atoms. The molecule has 1 aliphatic carbocycles. The number of anilines is 2. The third kappa shape index (κ3) is 4.70. The third-order valence-corrected chi connectivity index (χ3v) is 7.41. The summed E-state index contributed by atoms with van der Waals surface area (Å²) in [5.74, 6) is -0.0626. The predicted molar refractivity (Wildman–Crippen MR) is 150 cm³/mol. The zero-order valence-corrected chi connectivity index (χ0v) is 21.0. The third-order valence-electron chi connectivity index (χ3n) is 7.41. The van der Waals surface area contributed by atoms with Crippen LogP contribution in [0.3, 0.4) is 0 Å². The molecule has 2 atom stereocenters. The highest BCUT2D eigenvalue weighted by atomic mass is 16.6. The Kier molecular flexibility index (Phi) is 6.25. The van der Waals surface area contributed by atoms with Gasteiger partial charge in [-0.1, -0.05) is 60.7 Å². The first-order valence-corrected chi connectivity index (χ1v) is 12.8. The first kappa shape index (κ1) is 24.3. The molecule has 0 fully saturated rings. The van der Waals surface area contributed by atoms with Crippen molar-refractivity contribution in [2.24, 2.45) is 0 Å². The zero-order valence-electron chi connectivity index (χ0n) is 21.0. The van der Waals surface area contributed by atoms with Crippen LogP contribution in [0.15, 0.2) is 114 Å². The van der Waals surface area contributed by atoms with Crippen LogP contribution in [-0.2, 0) is 4.79 Å². The number of hydrogen-bond acceptors (Lipinski definition) is 6. The van der Waals surface area contributed by atoms with E-state index in [1.807, 2.05) is 60.7 Å². The summed E-state index contributed by atoms with van der Waals surface area (Å²) in [6.07, 6.45) is 0.982. The Labute approximate surface area is 225 Å². The molecule has 0 amide bonds. The van der Waals surface area contributed by atoms with E-state index in [0.717, 1.165) is 22.5 Å². The molecule has 0 saturated carbocycles. The summed E-state index contributed by atoms with van der Waals surface area (Å²) in [6, 6.07) is 30.3. The van der Waals surface area contributed by atoms with Crippen LogP contribution in [0, 0.1) is 10.1 Å². The van der Waals surface area contributed by atoms with Gasteiger partial charge in [-0.25, -0.2) is 0 Å². The fraction of sp³-hybridized carbons (Fsp3) is 0.125. The highest BCUT2D eigenvalue weighted by molar-refractivity contribution is 6.10. The largest absolute Gasteiger partial charge is 0.372 e. The molecule has 4 aromatic carbocycles. The summed E-state index contributed by atoms with van der Waals surface area (Å²) >= 11 is 0. The lowest BCUT2D eigenvalue weighted by Gasteiger charge is -2.30. The topological polar surface area (TPSA) is 101 Å². The van der Waals surface area contributed by atoms with E-state index in [0.29, 0.717) is 35.2 Å². The molecule has 7 nitrogen and oxygen atoms in total. The lowest BCUT2D eigenvalue weighted by Crippen LogP contribution is -2.26. The van der Waals surface area contributed by atoms with Crippen LogP contribution in [-0.4, -0.2) is 16.5 Å². The molecule has 1 aliphatic heterocycles. The monoisotopic (exact) mass is 515 g/mol. The molecule has 1 heterocycles. The molecule has 0 spiro atoms. The quantitative estimate of drug-likeness (QED) is 0.172. The number of hydrogen-bond donors (Lipinski definition) is 2. The van der Waals surface area contributed by atoms with Crippen LogP contribution in [0.5, 0.6) is 0 Å². The zero-order chi connectivity index (χ0) is 26.9. The van der Waals surface area contributed by atoms with Gasteiger partial charge < -0.3 is 10.6 Å². The average molecular weight is 516 g/mol. The maximum absolute atomic E-state index is 13.7. The lowest BCUT2D eigenvalue weighted by molar-refractivity contribution is -0.384. The minimum absolute atomic E-state index is 0.0109. The van der Waals surface area contributed by atoms with Crippen molar-refractivity contribution in [3.05, 3.63) is 147 Å². The van der Waals surface area contributed by atoms with Crippen LogP contribution in [0.25, 0.3) is 0 Å². The number of ketones is 2. The Morgan fingerprint density at radius 2 is 1.46 bits per heavy atom. The molecule has 0 saturated heterocycles. The SMILES string of the molecule is O=C1C[C@@H](c2ccccc2)CC2=C1[C@@H](c1ccc([N+](=O)[O-])cc1)Nc1ccc(C(=O)c3ccccc3)cc1N2. The molecule has 2 aliphatic rings.